The number of carbonyl (C=O) groups is 1. The van der Waals surface area contributed by atoms with Gasteiger partial charge in [0, 0.05) is 22.5 Å². The second-order valence-corrected chi connectivity index (χ2v) is 8.91. The van der Waals surface area contributed by atoms with Crippen molar-refractivity contribution in [3.8, 4) is 17.2 Å². The summed E-state index contributed by atoms with van der Waals surface area (Å²) in [5.41, 5.74) is -1.69. The minimum Gasteiger partial charge on any atom is -0.480 e. The molecule has 3 aromatic rings. The third kappa shape index (κ3) is 4.70. The number of aromatic nitrogens is 2. The number of carbonyl (C=O) groups excluding carboxylic acids is 1. The number of likely N-dealkylation sites (tertiary alicyclic amines) is 1. The summed E-state index contributed by atoms with van der Waals surface area (Å²) in [6.07, 6.45) is -5.76. The van der Waals surface area contributed by atoms with E-state index in [1.165, 1.54) is 11.0 Å². The standard InChI is InChI=1S/C23H18ClF3N4O3/c1-22(2)12-31(11-18-29-30-20(34-18)13-4-6-14(24)7-5-13)21(32)19(22)33-15-8-9-17(28-3)16(10-15)23(25,26)27/h4-10,19H,11-12H2,1-2H3. The first kappa shape index (κ1) is 23.6. The molecule has 2 aromatic carbocycles. The van der Waals surface area contributed by atoms with Gasteiger partial charge in [-0.1, -0.05) is 31.5 Å². The minimum absolute atomic E-state index is 0.0210. The molecule has 2 heterocycles. The molecule has 0 spiro atoms. The van der Waals surface area contributed by atoms with Crippen LogP contribution in [0.3, 0.4) is 0 Å². The molecule has 1 saturated heterocycles. The number of alkyl halides is 3. The molecule has 1 aromatic heterocycles. The number of rotatable bonds is 5. The SMILES string of the molecule is [C-]#[N+]c1ccc(OC2C(=O)N(Cc3nnc(-c4ccc(Cl)cc4)o3)CC2(C)C)cc1C(F)(F)F. The van der Waals surface area contributed by atoms with E-state index < -0.39 is 34.9 Å². The summed E-state index contributed by atoms with van der Waals surface area (Å²) in [5, 5.41) is 8.55. The summed E-state index contributed by atoms with van der Waals surface area (Å²) in [6, 6.07) is 9.85. The molecule has 1 fully saturated rings. The zero-order valence-electron chi connectivity index (χ0n) is 18.1. The molecule has 11 heteroatoms. The Morgan fingerprint density at radius 3 is 2.59 bits per heavy atom. The fourth-order valence-corrected chi connectivity index (χ4v) is 3.86. The fourth-order valence-electron chi connectivity index (χ4n) is 3.74. The van der Waals surface area contributed by atoms with E-state index in [4.69, 9.17) is 27.3 Å². The van der Waals surface area contributed by atoms with Gasteiger partial charge in [0.15, 0.2) is 11.8 Å². The van der Waals surface area contributed by atoms with Gasteiger partial charge in [-0.15, -0.1) is 10.2 Å². The van der Waals surface area contributed by atoms with Crippen LogP contribution in [0.4, 0.5) is 18.9 Å². The second kappa shape index (κ2) is 8.65. The monoisotopic (exact) mass is 490 g/mol. The molecule has 4 rings (SSSR count). The Balaban J connectivity index is 1.51. The minimum atomic E-state index is -4.72. The van der Waals surface area contributed by atoms with Gasteiger partial charge in [0.2, 0.25) is 11.8 Å². The molecule has 0 saturated carbocycles. The van der Waals surface area contributed by atoms with Crippen molar-refractivity contribution in [2.24, 2.45) is 5.41 Å². The molecule has 0 aliphatic carbocycles. The van der Waals surface area contributed by atoms with Gasteiger partial charge in [0.1, 0.15) is 5.75 Å². The van der Waals surface area contributed by atoms with Crippen LogP contribution < -0.4 is 4.74 Å². The number of amides is 1. The van der Waals surface area contributed by atoms with Crippen molar-refractivity contribution < 1.29 is 27.1 Å². The average Bonchev–Trinajstić information content (AvgIpc) is 3.32. The first-order valence-corrected chi connectivity index (χ1v) is 10.5. The van der Waals surface area contributed by atoms with Crippen molar-refractivity contribution >= 4 is 23.2 Å². The highest BCUT2D eigenvalue weighted by Crippen LogP contribution is 2.40. The van der Waals surface area contributed by atoms with Gasteiger partial charge in [-0.25, -0.2) is 4.85 Å². The van der Waals surface area contributed by atoms with Crippen molar-refractivity contribution in [1.82, 2.24) is 15.1 Å². The van der Waals surface area contributed by atoms with Crippen LogP contribution in [0.1, 0.15) is 25.3 Å². The zero-order valence-corrected chi connectivity index (χ0v) is 18.8. The molecule has 0 bridgehead atoms. The molecule has 0 radical (unpaired) electrons. The Hall–Kier alpha value is -3.58. The zero-order chi connectivity index (χ0) is 24.7. The van der Waals surface area contributed by atoms with E-state index in [2.05, 4.69) is 15.0 Å². The lowest BCUT2D eigenvalue weighted by atomic mass is 9.89. The molecule has 1 aliphatic rings. The number of benzene rings is 2. The Bertz CT molecular complexity index is 1270. The van der Waals surface area contributed by atoms with E-state index >= 15 is 0 Å². The fraction of sp³-hybridized carbons (Fsp3) is 0.304. The van der Waals surface area contributed by atoms with Gasteiger partial charge in [0.05, 0.1) is 18.7 Å². The Kier molecular flexibility index (Phi) is 6.00. The van der Waals surface area contributed by atoms with Crippen LogP contribution in [-0.4, -0.2) is 33.7 Å². The molecule has 7 nitrogen and oxygen atoms in total. The van der Waals surface area contributed by atoms with E-state index in [0.717, 1.165) is 12.1 Å². The Labute approximate surface area is 197 Å². The number of hydrogen-bond acceptors (Lipinski definition) is 5. The predicted octanol–water partition coefficient (Wildman–Crippen LogP) is 5.78. The Morgan fingerprint density at radius 2 is 1.94 bits per heavy atom. The Morgan fingerprint density at radius 1 is 1.24 bits per heavy atom. The van der Waals surface area contributed by atoms with Crippen LogP contribution in [0.2, 0.25) is 5.02 Å². The lowest BCUT2D eigenvalue weighted by molar-refractivity contribution is -0.137. The van der Waals surface area contributed by atoms with Gasteiger partial charge in [0.25, 0.3) is 5.91 Å². The van der Waals surface area contributed by atoms with E-state index in [1.54, 1.807) is 38.1 Å². The topological polar surface area (TPSA) is 72.8 Å². The van der Waals surface area contributed by atoms with Crippen LogP contribution in [-0.2, 0) is 17.5 Å². The maximum absolute atomic E-state index is 13.3. The first-order chi connectivity index (χ1) is 16.0. The highest BCUT2D eigenvalue weighted by atomic mass is 35.5. The molecular weight excluding hydrogens is 473 g/mol. The third-order valence-electron chi connectivity index (χ3n) is 5.38. The molecule has 1 aliphatic heterocycles. The van der Waals surface area contributed by atoms with Crippen LogP contribution in [0.25, 0.3) is 16.3 Å². The number of nitrogens with zero attached hydrogens (tertiary/aromatic N) is 4. The summed E-state index contributed by atoms with van der Waals surface area (Å²) in [7, 11) is 0. The lowest BCUT2D eigenvalue weighted by Crippen LogP contribution is -2.36. The number of hydrogen-bond donors (Lipinski definition) is 0. The summed E-state index contributed by atoms with van der Waals surface area (Å²) >= 11 is 5.89. The summed E-state index contributed by atoms with van der Waals surface area (Å²) in [5.74, 6) is -0.0876. The normalized spacial score (nSPS) is 17.6. The predicted molar refractivity (Wildman–Crippen MR) is 116 cm³/mol. The van der Waals surface area contributed by atoms with Gasteiger partial charge in [-0.2, -0.15) is 13.2 Å². The van der Waals surface area contributed by atoms with Crippen molar-refractivity contribution in [2.45, 2.75) is 32.7 Å². The van der Waals surface area contributed by atoms with Crippen LogP contribution in [0.15, 0.2) is 46.9 Å². The summed E-state index contributed by atoms with van der Waals surface area (Å²) in [4.78, 5) is 17.4. The lowest BCUT2D eigenvalue weighted by Gasteiger charge is -2.24. The van der Waals surface area contributed by atoms with E-state index in [1.807, 2.05) is 0 Å². The van der Waals surface area contributed by atoms with Crippen LogP contribution in [0.5, 0.6) is 5.75 Å². The van der Waals surface area contributed by atoms with Crippen LogP contribution in [0, 0.1) is 12.0 Å². The second-order valence-electron chi connectivity index (χ2n) is 8.48. The van der Waals surface area contributed by atoms with Gasteiger partial charge < -0.3 is 14.1 Å². The number of halogens is 4. The quantitative estimate of drug-likeness (QED) is 0.424. The average molecular weight is 491 g/mol. The largest absolute Gasteiger partial charge is 0.480 e. The van der Waals surface area contributed by atoms with Gasteiger partial charge in [-0.05, 0) is 36.4 Å². The molecule has 1 atom stereocenters. The van der Waals surface area contributed by atoms with Gasteiger partial charge >= 0.3 is 6.18 Å². The number of ether oxygens (including phenoxy) is 1. The van der Waals surface area contributed by atoms with E-state index in [-0.39, 0.29) is 30.6 Å². The first-order valence-electron chi connectivity index (χ1n) is 10.1. The highest BCUT2D eigenvalue weighted by Gasteiger charge is 2.48. The van der Waals surface area contributed by atoms with E-state index in [9.17, 15) is 18.0 Å². The summed E-state index contributed by atoms with van der Waals surface area (Å²) in [6.45, 7) is 10.8. The molecule has 1 amide bonds. The van der Waals surface area contributed by atoms with Crippen LogP contribution >= 0.6 is 11.6 Å². The van der Waals surface area contributed by atoms with E-state index in [0.29, 0.717) is 10.6 Å². The highest BCUT2D eigenvalue weighted by molar-refractivity contribution is 6.30. The molecule has 176 valence electrons. The maximum atomic E-state index is 13.3. The molecule has 0 N–H and O–H groups in total. The van der Waals surface area contributed by atoms with Crippen molar-refractivity contribution in [3.63, 3.8) is 0 Å². The van der Waals surface area contributed by atoms with Gasteiger partial charge in [-0.3, -0.25) is 4.79 Å². The molecule has 34 heavy (non-hydrogen) atoms. The molecular formula is C23H18ClF3N4O3. The molecule has 1 unspecified atom stereocenters. The summed E-state index contributed by atoms with van der Waals surface area (Å²) < 4.78 is 51.3. The van der Waals surface area contributed by atoms with Crippen molar-refractivity contribution in [2.75, 3.05) is 6.54 Å². The maximum Gasteiger partial charge on any atom is 0.407 e. The smallest absolute Gasteiger partial charge is 0.407 e. The van der Waals surface area contributed by atoms with Crippen molar-refractivity contribution in [1.29, 1.82) is 0 Å². The van der Waals surface area contributed by atoms with Crippen molar-refractivity contribution in [3.05, 3.63) is 70.4 Å². The third-order valence-corrected chi connectivity index (χ3v) is 5.63.